The molecule has 17 nitrogen and oxygen atoms in total. The smallest absolute Gasteiger partial charge is 0.245 e. The lowest BCUT2D eigenvalue weighted by molar-refractivity contribution is -0.135. The molecule has 0 saturated carbocycles. The molecule has 0 unspecified atom stereocenters. The number of aliphatic imine (C=N–C) groups is 1. The molecule has 17 heteroatoms. The van der Waals surface area contributed by atoms with Gasteiger partial charge in [-0.05, 0) is 64.8 Å². The molecule has 0 aliphatic heterocycles. The summed E-state index contributed by atoms with van der Waals surface area (Å²) in [6.07, 6.45) is 2.44. The van der Waals surface area contributed by atoms with Crippen molar-refractivity contribution in [2.75, 3.05) is 19.7 Å². The summed E-state index contributed by atoms with van der Waals surface area (Å²) < 4.78 is 0. The molecule has 0 spiro atoms. The Hall–Kier alpha value is -3.83. The van der Waals surface area contributed by atoms with Crippen LogP contribution < -0.4 is 49.5 Å². The molecular formula is C27H52N10O7. The first-order valence-corrected chi connectivity index (χ1v) is 14.8. The molecule has 252 valence electrons. The maximum Gasteiger partial charge on any atom is 0.245 e. The van der Waals surface area contributed by atoms with Gasteiger partial charge in [0, 0.05) is 6.54 Å². The van der Waals surface area contributed by atoms with Crippen LogP contribution >= 0.6 is 0 Å². The summed E-state index contributed by atoms with van der Waals surface area (Å²) in [5.74, 6) is -3.69. The Balaban J connectivity index is 5.76. The highest BCUT2D eigenvalue weighted by Crippen LogP contribution is 2.08. The van der Waals surface area contributed by atoms with Crippen LogP contribution in [0.2, 0.25) is 0 Å². The lowest BCUT2D eigenvalue weighted by Crippen LogP contribution is -2.60. The monoisotopic (exact) mass is 628 g/mol. The van der Waals surface area contributed by atoms with Gasteiger partial charge in [-0.2, -0.15) is 0 Å². The van der Waals surface area contributed by atoms with Gasteiger partial charge in [-0.25, -0.2) is 0 Å². The highest BCUT2D eigenvalue weighted by atomic mass is 16.3. The van der Waals surface area contributed by atoms with E-state index in [-0.39, 0.29) is 37.7 Å². The van der Waals surface area contributed by atoms with E-state index in [0.29, 0.717) is 32.1 Å². The van der Waals surface area contributed by atoms with Gasteiger partial charge in [0.2, 0.25) is 29.5 Å². The van der Waals surface area contributed by atoms with Crippen molar-refractivity contribution < 1.29 is 33.9 Å². The minimum absolute atomic E-state index is 0.0853. The maximum absolute atomic E-state index is 13.3. The largest absolute Gasteiger partial charge is 0.394 e. The molecule has 0 bridgehead atoms. The minimum atomic E-state index is -1.46. The fourth-order valence-corrected chi connectivity index (χ4v) is 3.91. The third kappa shape index (κ3) is 16.7. The van der Waals surface area contributed by atoms with Gasteiger partial charge in [0.1, 0.15) is 30.5 Å². The van der Waals surface area contributed by atoms with Crippen molar-refractivity contribution in [2.45, 2.75) is 102 Å². The maximum atomic E-state index is 13.3. The molecule has 0 aliphatic rings. The van der Waals surface area contributed by atoms with E-state index in [0.717, 1.165) is 0 Å². The second kappa shape index (κ2) is 21.8. The SMILES string of the molecule is CC(C)C[C@H](NC(=O)[C@H](CO)NC(=O)[C@H](CCCCN)NC(=O)[C@H](C)N)C(=O)N[C@@H](CCCN=C(N)N)C(=O)N[C@@H](C)C=O. The number of amides is 5. The van der Waals surface area contributed by atoms with E-state index < -0.39 is 72.4 Å². The Morgan fingerprint density at radius 2 is 1.20 bits per heavy atom. The van der Waals surface area contributed by atoms with E-state index in [2.05, 4.69) is 31.6 Å². The molecule has 14 N–H and O–H groups in total. The first-order chi connectivity index (χ1) is 20.7. The number of rotatable bonds is 22. The molecule has 0 aromatic rings. The second-order valence-electron chi connectivity index (χ2n) is 11.0. The number of carbonyl (C=O) groups excluding carboxylic acids is 6. The Labute approximate surface area is 258 Å². The van der Waals surface area contributed by atoms with Crippen LogP contribution in [0.15, 0.2) is 4.99 Å². The molecule has 44 heavy (non-hydrogen) atoms. The highest BCUT2D eigenvalue weighted by Gasteiger charge is 2.31. The van der Waals surface area contributed by atoms with Crippen molar-refractivity contribution in [2.24, 2.45) is 33.8 Å². The first-order valence-electron chi connectivity index (χ1n) is 14.8. The second-order valence-corrected chi connectivity index (χ2v) is 11.0. The summed E-state index contributed by atoms with van der Waals surface area (Å²) in [6.45, 7) is 6.32. The third-order valence-corrected chi connectivity index (χ3v) is 6.30. The number of nitrogens with one attached hydrogen (secondary N) is 5. The minimum Gasteiger partial charge on any atom is -0.394 e. The van der Waals surface area contributed by atoms with Crippen LogP contribution in [-0.4, -0.2) is 103 Å². The third-order valence-electron chi connectivity index (χ3n) is 6.30. The summed E-state index contributed by atoms with van der Waals surface area (Å²) in [4.78, 5) is 79.4. The average molecular weight is 629 g/mol. The van der Waals surface area contributed by atoms with Crippen molar-refractivity contribution in [1.82, 2.24) is 26.6 Å². The first kappa shape index (κ1) is 40.2. The Bertz CT molecular complexity index is 973. The number of aldehydes is 1. The van der Waals surface area contributed by atoms with E-state index in [1.54, 1.807) is 0 Å². The lowest BCUT2D eigenvalue weighted by Gasteiger charge is -2.27. The fourth-order valence-electron chi connectivity index (χ4n) is 3.91. The topological polar surface area (TPSA) is 299 Å². The quantitative estimate of drug-likeness (QED) is 0.0240. The summed E-state index contributed by atoms with van der Waals surface area (Å²) in [5, 5.41) is 22.5. The van der Waals surface area contributed by atoms with Gasteiger partial charge in [-0.3, -0.25) is 29.0 Å². The molecule has 0 aliphatic carbocycles. The van der Waals surface area contributed by atoms with Gasteiger partial charge in [-0.15, -0.1) is 0 Å². The summed E-state index contributed by atoms with van der Waals surface area (Å²) in [7, 11) is 0. The van der Waals surface area contributed by atoms with Crippen LogP contribution in [0.5, 0.6) is 0 Å². The number of hydrogen-bond acceptors (Lipinski definition) is 10. The number of nitrogens with two attached hydrogens (primary N) is 4. The zero-order chi connectivity index (χ0) is 33.8. The molecule has 5 amide bonds. The highest BCUT2D eigenvalue weighted by molar-refractivity contribution is 5.96. The van der Waals surface area contributed by atoms with Gasteiger partial charge in [-0.1, -0.05) is 13.8 Å². The average Bonchev–Trinajstić information content (AvgIpc) is 2.95. The fraction of sp³-hybridized carbons (Fsp3) is 0.741. The molecule has 0 saturated heterocycles. The number of hydrogen-bond donors (Lipinski definition) is 10. The van der Waals surface area contributed by atoms with E-state index in [4.69, 9.17) is 22.9 Å². The molecule has 0 radical (unpaired) electrons. The van der Waals surface area contributed by atoms with Gasteiger partial charge >= 0.3 is 0 Å². The van der Waals surface area contributed by atoms with Crippen LogP contribution in [0.3, 0.4) is 0 Å². The zero-order valence-electron chi connectivity index (χ0n) is 26.1. The van der Waals surface area contributed by atoms with Crippen molar-refractivity contribution in [3.05, 3.63) is 0 Å². The van der Waals surface area contributed by atoms with E-state index in [1.165, 1.54) is 13.8 Å². The van der Waals surface area contributed by atoms with Gasteiger partial charge in [0.05, 0.1) is 18.7 Å². The number of guanidine groups is 1. The van der Waals surface area contributed by atoms with Gasteiger partial charge in [0.25, 0.3) is 0 Å². The van der Waals surface area contributed by atoms with Crippen LogP contribution in [0.4, 0.5) is 0 Å². The molecule has 0 heterocycles. The Morgan fingerprint density at radius 1 is 0.727 bits per heavy atom. The number of aliphatic hydroxyl groups is 1. The summed E-state index contributed by atoms with van der Waals surface area (Å²) in [6, 6.07) is -6.42. The molecule has 6 atom stereocenters. The predicted molar refractivity (Wildman–Crippen MR) is 164 cm³/mol. The van der Waals surface area contributed by atoms with E-state index >= 15 is 0 Å². The van der Waals surface area contributed by atoms with Crippen LogP contribution in [0.25, 0.3) is 0 Å². The van der Waals surface area contributed by atoms with Crippen LogP contribution in [0.1, 0.15) is 66.2 Å². The molecule has 0 rings (SSSR count). The van der Waals surface area contributed by atoms with Gasteiger partial charge < -0.3 is 59.4 Å². The number of nitrogens with zero attached hydrogens (tertiary/aromatic N) is 1. The van der Waals surface area contributed by atoms with E-state index in [9.17, 15) is 33.9 Å². The van der Waals surface area contributed by atoms with Crippen molar-refractivity contribution >= 4 is 41.8 Å². The van der Waals surface area contributed by atoms with Crippen molar-refractivity contribution in [3.63, 3.8) is 0 Å². The molecule has 0 aromatic heterocycles. The standard InChI is InChI=1S/C27H52N10O7/c1-15(2)12-20(25(43)35-19(9-7-11-32-27(30)31)23(41)33-16(3)13-38)36-26(44)21(14-39)37-24(42)18(8-5-6-10-28)34-22(40)17(4)29/h13,15-21,39H,5-12,14,28-29H2,1-4H3,(H,33,41)(H,34,40)(H,35,43)(H,36,44)(H,37,42)(H4,30,31,32)/t16-,17-,18-,19-,20-,21-/m0/s1. The van der Waals surface area contributed by atoms with Crippen molar-refractivity contribution in [3.8, 4) is 0 Å². The Kier molecular flexibility index (Phi) is 19.9. The number of carbonyl (C=O) groups is 6. The summed E-state index contributed by atoms with van der Waals surface area (Å²) in [5.41, 5.74) is 21.8. The number of unbranched alkanes of at least 4 members (excludes halogenated alkanes) is 1. The van der Waals surface area contributed by atoms with Crippen molar-refractivity contribution in [1.29, 1.82) is 0 Å². The van der Waals surface area contributed by atoms with E-state index in [1.807, 2.05) is 13.8 Å². The Morgan fingerprint density at radius 3 is 1.70 bits per heavy atom. The zero-order valence-corrected chi connectivity index (χ0v) is 26.1. The predicted octanol–water partition coefficient (Wildman–Crippen LogP) is -3.80. The normalized spacial score (nSPS) is 15.0. The van der Waals surface area contributed by atoms with Crippen LogP contribution in [0, 0.1) is 5.92 Å². The summed E-state index contributed by atoms with van der Waals surface area (Å²) >= 11 is 0. The molecule has 0 aromatic carbocycles. The van der Waals surface area contributed by atoms with Gasteiger partial charge in [0.15, 0.2) is 5.96 Å². The van der Waals surface area contributed by atoms with Crippen LogP contribution in [-0.2, 0) is 28.8 Å². The molecular weight excluding hydrogens is 576 g/mol. The number of aliphatic hydroxyl groups excluding tert-OH is 1. The lowest BCUT2D eigenvalue weighted by atomic mass is 10.0. The molecule has 0 fully saturated rings.